The maximum absolute atomic E-state index is 15.2. The molecule has 0 spiro atoms. The van der Waals surface area contributed by atoms with Crippen LogP contribution in [0.25, 0.3) is 11.0 Å². The van der Waals surface area contributed by atoms with E-state index in [-0.39, 0.29) is 46.0 Å². The molecule has 0 unspecified atom stereocenters. The standard InChI is InChI=1S/C25H23F5N8O2/c26-16-11-14(22(39)36-7-1-2-8-36)3-4-18(16)33-20-19-17(27)12-38(21(19)32-13-31-20)15-5-9-37(10-6-15)24-34-23(40-35-24)25(28,29)30/h3-4,11-13,15H,1-2,5-10H2,(H,31,32,33). The average molecular weight is 563 g/mol. The van der Waals surface area contributed by atoms with E-state index in [2.05, 4.69) is 29.9 Å². The maximum Gasteiger partial charge on any atom is 0.471 e. The van der Waals surface area contributed by atoms with Crippen LogP contribution in [0.3, 0.4) is 0 Å². The molecule has 6 rings (SSSR count). The topological polar surface area (TPSA) is 105 Å². The molecule has 0 saturated carbocycles. The zero-order valence-electron chi connectivity index (χ0n) is 21.0. The molecular formula is C25H23F5N8O2. The van der Waals surface area contributed by atoms with Crippen LogP contribution >= 0.6 is 0 Å². The van der Waals surface area contributed by atoms with Crippen molar-refractivity contribution in [3.05, 3.63) is 53.8 Å². The van der Waals surface area contributed by atoms with E-state index in [1.807, 2.05) is 0 Å². The molecule has 1 amide bonds. The molecule has 5 heterocycles. The van der Waals surface area contributed by atoms with Crippen LogP contribution in [0.1, 0.15) is 48.0 Å². The summed E-state index contributed by atoms with van der Waals surface area (Å²) >= 11 is 0. The van der Waals surface area contributed by atoms with E-state index in [0.29, 0.717) is 39.0 Å². The van der Waals surface area contributed by atoms with Crippen molar-refractivity contribution in [2.75, 3.05) is 36.4 Å². The molecule has 1 aromatic carbocycles. The fraction of sp³-hybridized carbons (Fsp3) is 0.400. The number of amides is 1. The van der Waals surface area contributed by atoms with Gasteiger partial charge >= 0.3 is 12.1 Å². The Labute approximate surface area is 223 Å². The lowest BCUT2D eigenvalue weighted by Gasteiger charge is -2.31. The van der Waals surface area contributed by atoms with E-state index in [1.54, 1.807) is 14.4 Å². The van der Waals surface area contributed by atoms with Crippen molar-refractivity contribution in [1.82, 2.24) is 29.6 Å². The lowest BCUT2D eigenvalue weighted by Crippen LogP contribution is -2.35. The van der Waals surface area contributed by atoms with Crippen LogP contribution in [0.2, 0.25) is 0 Å². The van der Waals surface area contributed by atoms with Crippen molar-refractivity contribution in [3.8, 4) is 0 Å². The Kier molecular flexibility index (Phi) is 6.50. The Morgan fingerprint density at radius 3 is 2.45 bits per heavy atom. The van der Waals surface area contributed by atoms with Gasteiger partial charge in [0.05, 0.1) is 11.1 Å². The Morgan fingerprint density at radius 1 is 1.02 bits per heavy atom. The van der Waals surface area contributed by atoms with Gasteiger partial charge in [0.2, 0.25) is 0 Å². The number of hydrogen-bond acceptors (Lipinski definition) is 8. The number of benzene rings is 1. The average Bonchev–Trinajstić information content (AvgIpc) is 3.70. The van der Waals surface area contributed by atoms with Crippen molar-refractivity contribution in [2.45, 2.75) is 37.9 Å². The summed E-state index contributed by atoms with van der Waals surface area (Å²) in [5.74, 6) is -3.04. The van der Waals surface area contributed by atoms with Gasteiger partial charge in [-0.15, -0.1) is 0 Å². The van der Waals surface area contributed by atoms with Gasteiger partial charge in [-0.2, -0.15) is 18.2 Å². The van der Waals surface area contributed by atoms with Crippen molar-refractivity contribution in [2.24, 2.45) is 0 Å². The molecule has 2 aliphatic heterocycles. The predicted molar refractivity (Wildman–Crippen MR) is 132 cm³/mol. The first kappa shape index (κ1) is 26.0. The highest BCUT2D eigenvalue weighted by molar-refractivity contribution is 5.95. The number of likely N-dealkylation sites (tertiary alicyclic amines) is 1. The second-order valence-corrected chi connectivity index (χ2v) is 9.74. The van der Waals surface area contributed by atoms with Crippen molar-refractivity contribution in [1.29, 1.82) is 0 Å². The summed E-state index contributed by atoms with van der Waals surface area (Å²) < 4.78 is 74.5. The molecule has 0 atom stereocenters. The molecule has 2 fully saturated rings. The van der Waals surface area contributed by atoms with Crippen LogP contribution in [-0.4, -0.2) is 61.7 Å². The molecule has 0 radical (unpaired) electrons. The molecular weight excluding hydrogens is 539 g/mol. The summed E-state index contributed by atoms with van der Waals surface area (Å²) in [6.07, 6.45) is 0.533. The minimum absolute atomic E-state index is 0.0248. The number of fused-ring (bicyclic) bond motifs is 1. The second-order valence-electron chi connectivity index (χ2n) is 9.74. The number of alkyl halides is 3. The first-order valence-electron chi connectivity index (χ1n) is 12.7. The number of halogens is 5. The van der Waals surface area contributed by atoms with Gasteiger partial charge in [-0.1, -0.05) is 0 Å². The SMILES string of the molecule is O=C(c1ccc(Nc2ncnc3c2c(F)cn3C2CCN(c3noc(C(F)(F)F)n3)CC2)c(F)c1)N1CCCC1. The molecule has 2 aliphatic rings. The quantitative estimate of drug-likeness (QED) is 0.342. The van der Waals surface area contributed by atoms with Crippen molar-refractivity contribution in [3.63, 3.8) is 0 Å². The third-order valence-corrected chi connectivity index (χ3v) is 7.22. The number of aromatic nitrogens is 5. The summed E-state index contributed by atoms with van der Waals surface area (Å²) in [6, 6.07) is 3.87. The lowest BCUT2D eigenvalue weighted by atomic mass is 10.1. The first-order chi connectivity index (χ1) is 19.2. The zero-order valence-corrected chi connectivity index (χ0v) is 21.0. The van der Waals surface area contributed by atoms with Gasteiger partial charge in [-0.25, -0.2) is 18.7 Å². The largest absolute Gasteiger partial charge is 0.471 e. The molecule has 0 bridgehead atoms. The minimum Gasteiger partial charge on any atom is -0.339 e. The van der Waals surface area contributed by atoms with E-state index in [9.17, 15) is 22.4 Å². The normalized spacial score (nSPS) is 16.7. The van der Waals surface area contributed by atoms with Crippen LogP contribution < -0.4 is 10.2 Å². The third kappa shape index (κ3) is 4.79. The van der Waals surface area contributed by atoms with E-state index < -0.39 is 23.7 Å². The summed E-state index contributed by atoms with van der Waals surface area (Å²) in [4.78, 5) is 27.6. The molecule has 1 N–H and O–H groups in total. The Hall–Kier alpha value is -4.30. The third-order valence-electron chi connectivity index (χ3n) is 7.22. The lowest BCUT2D eigenvalue weighted by molar-refractivity contribution is -0.159. The van der Waals surface area contributed by atoms with Crippen molar-refractivity contribution < 1.29 is 31.3 Å². The number of piperidine rings is 1. The molecule has 0 aliphatic carbocycles. The van der Waals surface area contributed by atoms with Gasteiger partial charge in [0, 0.05) is 44.0 Å². The first-order valence-corrected chi connectivity index (χ1v) is 12.7. The van der Waals surface area contributed by atoms with Crippen LogP contribution in [0.4, 0.5) is 39.4 Å². The summed E-state index contributed by atoms with van der Waals surface area (Å²) in [6.45, 7) is 1.91. The molecule has 40 heavy (non-hydrogen) atoms. The molecule has 4 aromatic rings. The van der Waals surface area contributed by atoms with Crippen molar-refractivity contribution >= 4 is 34.4 Å². The highest BCUT2D eigenvalue weighted by Crippen LogP contribution is 2.34. The molecule has 3 aromatic heterocycles. The smallest absolute Gasteiger partial charge is 0.339 e. The highest BCUT2D eigenvalue weighted by atomic mass is 19.4. The fourth-order valence-corrected chi connectivity index (χ4v) is 5.20. The fourth-order valence-electron chi connectivity index (χ4n) is 5.20. The zero-order chi connectivity index (χ0) is 28.0. The summed E-state index contributed by atoms with van der Waals surface area (Å²) in [7, 11) is 0. The number of rotatable bonds is 5. The number of nitrogens with one attached hydrogen (secondary N) is 1. The summed E-state index contributed by atoms with van der Waals surface area (Å²) in [5.41, 5.74) is 0.544. The Balaban J connectivity index is 1.19. The van der Waals surface area contributed by atoms with Gasteiger partial charge in [0.1, 0.15) is 23.6 Å². The summed E-state index contributed by atoms with van der Waals surface area (Å²) in [5, 5.41) is 6.31. The van der Waals surface area contributed by atoms with Gasteiger partial charge in [0.15, 0.2) is 5.82 Å². The second kappa shape index (κ2) is 10.0. The molecule has 210 valence electrons. The number of hydrogen-bond donors (Lipinski definition) is 1. The number of anilines is 3. The minimum atomic E-state index is -4.73. The van der Waals surface area contributed by atoms with Crippen LogP contribution in [0.15, 0.2) is 35.2 Å². The number of carbonyl (C=O) groups is 1. The highest BCUT2D eigenvalue weighted by Gasteiger charge is 2.39. The van der Waals surface area contributed by atoms with E-state index in [4.69, 9.17) is 0 Å². The number of nitrogens with zero attached hydrogens (tertiary/aromatic N) is 7. The van der Waals surface area contributed by atoms with Crippen LogP contribution in [0, 0.1) is 11.6 Å². The van der Waals surface area contributed by atoms with Crippen LogP contribution in [0.5, 0.6) is 0 Å². The van der Waals surface area contributed by atoms with E-state index >= 15 is 4.39 Å². The predicted octanol–water partition coefficient (Wildman–Crippen LogP) is 4.93. The molecule has 2 saturated heterocycles. The van der Waals surface area contributed by atoms with Gasteiger partial charge in [0.25, 0.3) is 11.9 Å². The van der Waals surface area contributed by atoms with Gasteiger partial charge in [-0.3, -0.25) is 4.79 Å². The van der Waals surface area contributed by atoms with Crippen LogP contribution in [-0.2, 0) is 6.18 Å². The molecule has 10 nitrogen and oxygen atoms in total. The van der Waals surface area contributed by atoms with Gasteiger partial charge in [-0.05, 0) is 49.0 Å². The van der Waals surface area contributed by atoms with E-state index in [1.165, 1.54) is 24.7 Å². The number of carbonyl (C=O) groups excluding carboxylic acids is 1. The Morgan fingerprint density at radius 2 is 1.77 bits per heavy atom. The molecule has 15 heteroatoms. The van der Waals surface area contributed by atoms with E-state index in [0.717, 1.165) is 18.9 Å². The maximum atomic E-state index is 15.2. The monoisotopic (exact) mass is 562 g/mol. The van der Waals surface area contributed by atoms with Gasteiger partial charge < -0.3 is 24.2 Å². The Bertz CT molecular complexity index is 1550.